The van der Waals surface area contributed by atoms with Gasteiger partial charge in [-0.1, -0.05) is 36.4 Å². The molecule has 6 N–H and O–H groups in total. The predicted octanol–water partition coefficient (Wildman–Crippen LogP) is 4.53. The minimum absolute atomic E-state index is 0.0254. The molecule has 190 valence electrons. The molecule has 1 heterocycles. The number of hydrogen-bond donors (Lipinski definition) is 5. The molecule has 9 heteroatoms. The Kier molecular flexibility index (Phi) is 8.45. The van der Waals surface area contributed by atoms with Crippen molar-refractivity contribution in [2.24, 2.45) is 17.6 Å². The second kappa shape index (κ2) is 11.9. The molecule has 0 spiro atoms. The van der Waals surface area contributed by atoms with Crippen molar-refractivity contribution in [3.63, 3.8) is 0 Å². The summed E-state index contributed by atoms with van der Waals surface area (Å²) in [6, 6.07) is 14.4. The van der Waals surface area contributed by atoms with E-state index in [4.69, 9.17) is 5.73 Å². The molecule has 0 bridgehead atoms. The first kappa shape index (κ1) is 25.5. The van der Waals surface area contributed by atoms with Gasteiger partial charge in [-0.25, -0.2) is 10.2 Å². The van der Waals surface area contributed by atoms with Crippen LogP contribution in [-0.2, 0) is 13.1 Å². The molecule has 0 atom stereocenters. The third kappa shape index (κ3) is 6.16. The SMILES string of the molecule is Cc1c(CNc2ncc([N+](=O)O)c(NCC3CCC(CO)CC3)n2)cccc1-c1cccc(CN)c1. The van der Waals surface area contributed by atoms with Gasteiger partial charge >= 0.3 is 5.69 Å². The molecule has 0 saturated heterocycles. The minimum atomic E-state index is -0.210. The number of nitrogens with two attached hydrogens (primary N) is 1. The third-order valence-electron chi connectivity index (χ3n) is 7.11. The second-order valence-corrected chi connectivity index (χ2v) is 9.50. The Labute approximate surface area is 211 Å². The van der Waals surface area contributed by atoms with Crippen LogP contribution in [0.15, 0.2) is 48.7 Å². The molecule has 36 heavy (non-hydrogen) atoms. The molecular weight excluding hydrogens is 456 g/mol. The lowest BCUT2D eigenvalue weighted by molar-refractivity contribution is -0.729. The van der Waals surface area contributed by atoms with Crippen molar-refractivity contribution >= 4 is 17.5 Å². The van der Waals surface area contributed by atoms with Crippen LogP contribution in [-0.4, -0.2) is 38.4 Å². The van der Waals surface area contributed by atoms with E-state index in [9.17, 15) is 15.2 Å². The lowest BCUT2D eigenvalue weighted by Crippen LogP contribution is -2.23. The van der Waals surface area contributed by atoms with Crippen molar-refractivity contribution in [3.8, 4) is 11.1 Å². The molecule has 0 unspecified atom stereocenters. The van der Waals surface area contributed by atoms with E-state index >= 15 is 0 Å². The topological polar surface area (TPSA) is 136 Å². The van der Waals surface area contributed by atoms with Crippen LogP contribution in [0.3, 0.4) is 0 Å². The zero-order valence-electron chi connectivity index (χ0n) is 20.7. The van der Waals surface area contributed by atoms with Gasteiger partial charge in [0.05, 0.1) is 4.91 Å². The van der Waals surface area contributed by atoms with Crippen LogP contribution in [0.1, 0.15) is 42.4 Å². The normalized spacial score (nSPS) is 17.5. The van der Waals surface area contributed by atoms with Crippen molar-refractivity contribution in [2.45, 2.75) is 45.7 Å². The van der Waals surface area contributed by atoms with Gasteiger partial charge in [0.15, 0.2) is 0 Å². The first-order valence-corrected chi connectivity index (χ1v) is 12.5. The van der Waals surface area contributed by atoms with Gasteiger partial charge in [0.2, 0.25) is 11.8 Å². The smallest absolute Gasteiger partial charge is 0.376 e. The highest BCUT2D eigenvalue weighted by Crippen LogP contribution is 2.30. The van der Waals surface area contributed by atoms with Gasteiger partial charge in [-0.2, -0.15) is 4.98 Å². The monoisotopic (exact) mass is 491 g/mol. The number of aromatic nitrogens is 2. The molecule has 1 saturated carbocycles. The Morgan fingerprint density at radius 1 is 1.08 bits per heavy atom. The van der Waals surface area contributed by atoms with E-state index in [1.54, 1.807) is 0 Å². The van der Waals surface area contributed by atoms with Crippen molar-refractivity contribution in [2.75, 3.05) is 23.8 Å². The van der Waals surface area contributed by atoms with E-state index in [0.29, 0.717) is 43.2 Å². The Hall–Kier alpha value is -3.56. The highest BCUT2D eigenvalue weighted by molar-refractivity contribution is 5.69. The highest BCUT2D eigenvalue weighted by atomic mass is 16.6. The van der Waals surface area contributed by atoms with Crippen LogP contribution in [0.25, 0.3) is 11.1 Å². The van der Waals surface area contributed by atoms with Crippen LogP contribution in [0.2, 0.25) is 0 Å². The average Bonchev–Trinajstić information content (AvgIpc) is 2.91. The van der Waals surface area contributed by atoms with Crippen molar-refractivity contribution in [1.29, 1.82) is 0 Å². The van der Waals surface area contributed by atoms with E-state index in [1.807, 2.05) is 18.2 Å². The van der Waals surface area contributed by atoms with Gasteiger partial charge in [0.25, 0.3) is 4.92 Å². The van der Waals surface area contributed by atoms with Gasteiger partial charge in [0.1, 0.15) is 6.20 Å². The van der Waals surface area contributed by atoms with Crippen LogP contribution >= 0.6 is 0 Å². The molecular formula is C27H35N6O3+. The van der Waals surface area contributed by atoms with Gasteiger partial charge < -0.3 is 21.5 Å². The molecule has 9 nitrogen and oxygen atoms in total. The fraction of sp³-hybridized carbons (Fsp3) is 0.407. The molecule has 1 aromatic heterocycles. The standard InChI is InChI=1S/C27H35N6O3/c1-18-23(6-3-7-24(18)22-5-2-4-21(12-22)13-28)15-30-27-31-16-25(33(35)36)26(32-27)29-14-19-8-10-20(17-34)11-9-19/h2-7,12,16,19-20,34H,8-11,13-15,17,28H2,1H3,(H,35,36)(H2,29,30,31,32)/q+1. The molecule has 4 rings (SSSR count). The van der Waals surface area contributed by atoms with E-state index < -0.39 is 0 Å². The quantitative estimate of drug-likeness (QED) is 0.261. The number of benzene rings is 2. The van der Waals surface area contributed by atoms with E-state index in [-0.39, 0.29) is 17.2 Å². The van der Waals surface area contributed by atoms with Gasteiger partial charge in [-0.05, 0) is 78.3 Å². The van der Waals surface area contributed by atoms with Crippen molar-refractivity contribution in [1.82, 2.24) is 9.97 Å². The summed E-state index contributed by atoms with van der Waals surface area (Å²) >= 11 is 0. The molecule has 1 aliphatic carbocycles. The molecule has 0 amide bonds. The zero-order valence-corrected chi connectivity index (χ0v) is 20.7. The lowest BCUT2D eigenvalue weighted by atomic mass is 9.82. The fourth-order valence-corrected chi connectivity index (χ4v) is 4.82. The first-order valence-electron chi connectivity index (χ1n) is 12.5. The second-order valence-electron chi connectivity index (χ2n) is 9.50. The minimum Gasteiger partial charge on any atom is -0.396 e. The van der Waals surface area contributed by atoms with Gasteiger partial charge in [-0.3, -0.25) is 0 Å². The summed E-state index contributed by atoms with van der Waals surface area (Å²) in [4.78, 5) is 20.1. The maximum Gasteiger partial charge on any atom is 0.376 e. The predicted molar refractivity (Wildman–Crippen MR) is 140 cm³/mol. The number of nitrogens with one attached hydrogen (secondary N) is 2. The van der Waals surface area contributed by atoms with Crippen LogP contribution in [0.5, 0.6) is 0 Å². The maximum absolute atomic E-state index is 11.6. The van der Waals surface area contributed by atoms with Crippen molar-refractivity contribution in [3.05, 3.63) is 70.3 Å². The van der Waals surface area contributed by atoms with E-state index in [0.717, 1.165) is 53.5 Å². The summed E-state index contributed by atoms with van der Waals surface area (Å²) in [6.07, 6.45) is 5.32. The first-order chi connectivity index (χ1) is 17.5. The van der Waals surface area contributed by atoms with Crippen LogP contribution in [0.4, 0.5) is 17.5 Å². The number of nitrogens with zero attached hydrogens (tertiary/aromatic N) is 3. The summed E-state index contributed by atoms with van der Waals surface area (Å²) in [5.74, 6) is 1.46. The number of aliphatic hydroxyl groups excluding tert-OH is 1. The fourth-order valence-electron chi connectivity index (χ4n) is 4.82. The summed E-state index contributed by atoms with van der Waals surface area (Å²) in [7, 11) is 0. The summed E-state index contributed by atoms with van der Waals surface area (Å²) in [5.41, 5.74) is 11.4. The van der Waals surface area contributed by atoms with Crippen LogP contribution < -0.4 is 16.4 Å². The lowest BCUT2D eigenvalue weighted by Gasteiger charge is -2.27. The zero-order chi connectivity index (χ0) is 25.5. The molecule has 0 aliphatic heterocycles. The third-order valence-corrected chi connectivity index (χ3v) is 7.11. The number of aliphatic hydroxyl groups is 1. The average molecular weight is 492 g/mol. The summed E-state index contributed by atoms with van der Waals surface area (Å²) in [6.45, 7) is 3.96. The molecule has 3 aromatic rings. The summed E-state index contributed by atoms with van der Waals surface area (Å²) in [5, 5.41) is 25.3. The highest BCUT2D eigenvalue weighted by Gasteiger charge is 2.25. The Balaban J connectivity index is 1.45. The van der Waals surface area contributed by atoms with Crippen LogP contribution in [0, 0.1) is 23.7 Å². The number of anilines is 2. The molecule has 1 aliphatic rings. The van der Waals surface area contributed by atoms with Crippen molar-refractivity contribution < 1.29 is 15.2 Å². The largest absolute Gasteiger partial charge is 0.396 e. The number of hydrogen-bond acceptors (Lipinski definition) is 7. The Morgan fingerprint density at radius 3 is 2.56 bits per heavy atom. The summed E-state index contributed by atoms with van der Waals surface area (Å²) < 4.78 is 0. The van der Waals surface area contributed by atoms with E-state index in [1.165, 1.54) is 6.20 Å². The van der Waals surface area contributed by atoms with Gasteiger partial charge in [-0.15, -0.1) is 0 Å². The molecule has 0 radical (unpaired) electrons. The maximum atomic E-state index is 11.6. The Morgan fingerprint density at radius 2 is 1.83 bits per heavy atom. The number of rotatable bonds is 10. The molecule has 1 fully saturated rings. The molecule has 2 aromatic carbocycles. The van der Waals surface area contributed by atoms with E-state index in [2.05, 4.69) is 51.8 Å². The Bertz CT molecular complexity index is 1190. The van der Waals surface area contributed by atoms with Gasteiger partial charge in [0, 0.05) is 26.2 Å².